The number of nitrogens with one attached hydrogen (secondary N) is 1. The molecule has 0 heterocycles. The van der Waals surface area contributed by atoms with Gasteiger partial charge in [-0.25, -0.2) is 0 Å². The van der Waals surface area contributed by atoms with E-state index in [1.807, 2.05) is 0 Å². The molecule has 0 radical (unpaired) electrons. The van der Waals surface area contributed by atoms with Gasteiger partial charge in [-0.2, -0.15) is 0 Å². The monoisotopic (exact) mass is 268 g/mol. The zero-order valence-electron chi connectivity index (χ0n) is 13.2. The summed E-state index contributed by atoms with van der Waals surface area (Å²) < 4.78 is 0. The lowest BCUT2D eigenvalue weighted by molar-refractivity contribution is -0.130. The van der Waals surface area contributed by atoms with Gasteiger partial charge in [0.15, 0.2) is 0 Å². The Hall–Kier alpha value is -0.570. The normalized spacial score (nSPS) is 24.2. The van der Waals surface area contributed by atoms with Crippen LogP contribution in [0.4, 0.5) is 0 Å². The number of rotatable bonds is 6. The summed E-state index contributed by atoms with van der Waals surface area (Å²) in [6.45, 7) is 9.40. The molecule has 0 spiro atoms. The quantitative estimate of drug-likeness (QED) is 0.778. The van der Waals surface area contributed by atoms with Crippen LogP contribution in [0.15, 0.2) is 0 Å². The van der Waals surface area contributed by atoms with Crippen molar-refractivity contribution in [3.05, 3.63) is 0 Å². The molecular weight excluding hydrogens is 236 g/mol. The van der Waals surface area contributed by atoms with E-state index >= 15 is 0 Å². The predicted molar refractivity (Wildman–Crippen MR) is 80.8 cm³/mol. The van der Waals surface area contributed by atoms with Crippen LogP contribution in [0.5, 0.6) is 0 Å². The van der Waals surface area contributed by atoms with Crippen molar-refractivity contribution < 1.29 is 4.79 Å². The van der Waals surface area contributed by atoms with Crippen molar-refractivity contribution in [1.82, 2.24) is 5.32 Å². The zero-order valence-corrected chi connectivity index (χ0v) is 13.2. The maximum atomic E-state index is 12.4. The van der Waals surface area contributed by atoms with E-state index in [1.165, 1.54) is 12.8 Å². The first-order chi connectivity index (χ1) is 8.92. The van der Waals surface area contributed by atoms with Crippen molar-refractivity contribution in [3.8, 4) is 0 Å². The van der Waals surface area contributed by atoms with Crippen molar-refractivity contribution in [2.24, 2.45) is 23.0 Å². The second-order valence-electron chi connectivity index (χ2n) is 6.77. The fourth-order valence-corrected chi connectivity index (χ4v) is 3.38. The summed E-state index contributed by atoms with van der Waals surface area (Å²) >= 11 is 0. The van der Waals surface area contributed by atoms with Crippen LogP contribution in [-0.2, 0) is 4.79 Å². The number of carbonyl (C=O) groups excluding carboxylic acids is 1. The van der Waals surface area contributed by atoms with Crippen molar-refractivity contribution in [1.29, 1.82) is 0 Å². The van der Waals surface area contributed by atoms with Crippen LogP contribution in [-0.4, -0.2) is 18.5 Å². The first-order valence-electron chi connectivity index (χ1n) is 7.95. The highest BCUT2D eigenvalue weighted by molar-refractivity contribution is 5.79. The molecule has 0 aromatic carbocycles. The number of hydrogen-bond donors (Lipinski definition) is 2. The zero-order chi connectivity index (χ0) is 14.5. The van der Waals surface area contributed by atoms with Crippen LogP contribution >= 0.6 is 0 Å². The summed E-state index contributed by atoms with van der Waals surface area (Å²) in [6, 6.07) is 0.0886. The molecule has 0 aromatic rings. The molecule has 0 bridgehead atoms. The van der Waals surface area contributed by atoms with E-state index in [4.69, 9.17) is 5.73 Å². The third-order valence-corrected chi connectivity index (χ3v) is 4.99. The molecule has 1 amide bonds. The third-order valence-electron chi connectivity index (χ3n) is 4.99. The highest BCUT2D eigenvalue weighted by Crippen LogP contribution is 2.40. The maximum Gasteiger partial charge on any atom is 0.223 e. The Balaban J connectivity index is 2.46. The van der Waals surface area contributed by atoms with Gasteiger partial charge in [-0.3, -0.25) is 4.79 Å². The molecule has 0 aromatic heterocycles. The Bertz CT molecular complexity index is 284. The fourth-order valence-electron chi connectivity index (χ4n) is 3.38. The molecule has 1 saturated carbocycles. The Morgan fingerprint density at radius 2 is 1.95 bits per heavy atom. The molecule has 1 aliphatic rings. The predicted octanol–water partition coefficient (Wildman–Crippen LogP) is 3.08. The van der Waals surface area contributed by atoms with E-state index in [9.17, 15) is 4.79 Å². The van der Waals surface area contributed by atoms with Crippen LogP contribution in [0.1, 0.15) is 66.2 Å². The molecule has 1 aliphatic carbocycles. The summed E-state index contributed by atoms with van der Waals surface area (Å²) in [5.41, 5.74) is 6.31. The van der Waals surface area contributed by atoms with Crippen LogP contribution in [0.25, 0.3) is 0 Å². The highest BCUT2D eigenvalue weighted by Gasteiger charge is 2.37. The minimum absolute atomic E-state index is 0.0886. The summed E-state index contributed by atoms with van der Waals surface area (Å²) in [4.78, 5) is 12.4. The summed E-state index contributed by atoms with van der Waals surface area (Å²) in [7, 11) is 0. The Kier molecular flexibility index (Phi) is 6.31. The van der Waals surface area contributed by atoms with Gasteiger partial charge < -0.3 is 11.1 Å². The lowest BCUT2D eigenvalue weighted by Gasteiger charge is -2.37. The first kappa shape index (κ1) is 16.5. The Labute approximate surface area is 118 Å². The number of carbonyl (C=O) groups is 1. The molecule has 0 aliphatic heterocycles. The van der Waals surface area contributed by atoms with Crippen molar-refractivity contribution in [3.63, 3.8) is 0 Å². The smallest absolute Gasteiger partial charge is 0.223 e. The second kappa shape index (κ2) is 7.28. The molecule has 3 N–H and O–H groups in total. The second-order valence-corrected chi connectivity index (χ2v) is 6.77. The molecule has 0 saturated heterocycles. The molecular formula is C16H32N2O. The van der Waals surface area contributed by atoms with E-state index in [1.54, 1.807) is 0 Å². The molecule has 19 heavy (non-hydrogen) atoms. The lowest BCUT2D eigenvalue weighted by Crippen LogP contribution is -2.47. The van der Waals surface area contributed by atoms with Gasteiger partial charge in [-0.05, 0) is 24.2 Å². The molecule has 1 rings (SSSR count). The standard InChI is InChI=1S/C16H32N2O/c1-5-12(6-2)14(17)11-18-15(19)13-9-7-8-10-16(13,3)4/h12-14H,5-11,17H2,1-4H3,(H,18,19). The van der Waals surface area contributed by atoms with Gasteiger partial charge in [0.1, 0.15) is 0 Å². The summed E-state index contributed by atoms with van der Waals surface area (Å²) in [6.07, 6.45) is 6.79. The number of hydrogen-bond acceptors (Lipinski definition) is 2. The fraction of sp³-hybridized carbons (Fsp3) is 0.938. The maximum absolute atomic E-state index is 12.4. The van der Waals surface area contributed by atoms with Crippen molar-refractivity contribution >= 4 is 5.91 Å². The topological polar surface area (TPSA) is 55.1 Å². The summed E-state index contributed by atoms with van der Waals surface area (Å²) in [5, 5.41) is 3.09. The van der Waals surface area contributed by atoms with E-state index in [0.717, 1.165) is 25.7 Å². The van der Waals surface area contributed by atoms with E-state index in [2.05, 4.69) is 33.0 Å². The average Bonchev–Trinajstić information content (AvgIpc) is 2.37. The highest BCUT2D eigenvalue weighted by atomic mass is 16.1. The number of nitrogens with two attached hydrogens (primary N) is 1. The molecule has 3 nitrogen and oxygen atoms in total. The Morgan fingerprint density at radius 1 is 1.32 bits per heavy atom. The molecule has 2 atom stereocenters. The van der Waals surface area contributed by atoms with Crippen LogP contribution in [0, 0.1) is 17.3 Å². The van der Waals surface area contributed by atoms with Gasteiger partial charge >= 0.3 is 0 Å². The minimum Gasteiger partial charge on any atom is -0.354 e. The third kappa shape index (κ3) is 4.48. The number of amides is 1. The van der Waals surface area contributed by atoms with E-state index in [-0.39, 0.29) is 23.3 Å². The first-order valence-corrected chi connectivity index (χ1v) is 7.95. The van der Waals surface area contributed by atoms with Crippen molar-refractivity contribution in [2.75, 3.05) is 6.54 Å². The van der Waals surface area contributed by atoms with Crippen LogP contribution < -0.4 is 11.1 Å². The molecule has 1 fully saturated rings. The van der Waals surface area contributed by atoms with Gasteiger partial charge in [-0.1, -0.05) is 53.4 Å². The van der Waals surface area contributed by atoms with Crippen molar-refractivity contribution in [2.45, 2.75) is 72.3 Å². The average molecular weight is 268 g/mol. The van der Waals surface area contributed by atoms with Gasteiger partial charge in [0.2, 0.25) is 5.91 Å². The van der Waals surface area contributed by atoms with Gasteiger partial charge in [0.25, 0.3) is 0 Å². The molecule has 112 valence electrons. The minimum atomic E-state index is 0.0886. The molecule has 3 heteroatoms. The van der Waals surface area contributed by atoms with E-state index < -0.39 is 0 Å². The summed E-state index contributed by atoms with van der Waals surface area (Å²) in [5.74, 6) is 0.890. The van der Waals surface area contributed by atoms with Crippen LogP contribution in [0.3, 0.4) is 0 Å². The van der Waals surface area contributed by atoms with Gasteiger partial charge in [0.05, 0.1) is 0 Å². The largest absolute Gasteiger partial charge is 0.354 e. The van der Waals surface area contributed by atoms with E-state index in [0.29, 0.717) is 12.5 Å². The van der Waals surface area contributed by atoms with Gasteiger partial charge in [-0.15, -0.1) is 0 Å². The Morgan fingerprint density at radius 3 is 2.47 bits per heavy atom. The van der Waals surface area contributed by atoms with Crippen LogP contribution in [0.2, 0.25) is 0 Å². The lowest BCUT2D eigenvalue weighted by atomic mass is 9.68. The SMILES string of the molecule is CCC(CC)C(N)CNC(=O)C1CCCCC1(C)C. The molecule has 2 unspecified atom stereocenters. The van der Waals surface area contributed by atoms with Gasteiger partial charge in [0, 0.05) is 18.5 Å².